The van der Waals surface area contributed by atoms with Gasteiger partial charge in [0.2, 0.25) is 0 Å². The van der Waals surface area contributed by atoms with Gasteiger partial charge in [-0.3, -0.25) is 0 Å². The van der Waals surface area contributed by atoms with Crippen molar-refractivity contribution < 1.29 is 0 Å². The highest BCUT2D eigenvalue weighted by Crippen LogP contribution is 1.64. The second-order valence-electron chi connectivity index (χ2n) is 1.19. The van der Waals surface area contributed by atoms with Gasteiger partial charge in [-0.15, -0.1) is 0 Å². The van der Waals surface area contributed by atoms with E-state index >= 15 is 0 Å². The number of nitrogens with one attached hydrogen (secondary N) is 1. The first-order chi connectivity index (χ1) is 2.77. The second kappa shape index (κ2) is 2.72. The lowest BCUT2D eigenvalue weighted by atomic mass is 10.5. The number of hydrogen-bond acceptors (Lipinski definition) is 2. The molecule has 2 heteroatoms. The van der Waals surface area contributed by atoms with E-state index in [1.165, 1.54) is 0 Å². The molecule has 0 aromatic rings. The van der Waals surface area contributed by atoms with E-state index in [2.05, 4.69) is 11.9 Å². The first-order valence-corrected chi connectivity index (χ1v) is 1.85. The van der Waals surface area contributed by atoms with Crippen molar-refractivity contribution in [1.29, 1.82) is 0 Å². The molecule has 0 aliphatic rings. The van der Waals surface area contributed by atoms with Gasteiger partial charge >= 0.3 is 0 Å². The zero-order chi connectivity index (χ0) is 4.99. The molecule has 0 aliphatic carbocycles. The summed E-state index contributed by atoms with van der Waals surface area (Å²) in [5, 5.41) is 2.84. The average molecular weight is 86.1 g/mol. The molecule has 0 aromatic carbocycles. The Morgan fingerprint density at radius 2 is 2.50 bits per heavy atom. The van der Waals surface area contributed by atoms with Crippen LogP contribution in [0.1, 0.15) is 0 Å². The number of likely N-dealkylation sites (N-methyl/N-ethyl adjacent to an activating group) is 1. The largest absolute Gasteiger partial charge is 0.401 e. The maximum Gasteiger partial charge on any atom is 0.0343 e. The van der Waals surface area contributed by atoms with Gasteiger partial charge in [0.25, 0.3) is 0 Å². The van der Waals surface area contributed by atoms with Crippen LogP contribution in [0.15, 0.2) is 12.3 Å². The fourth-order valence-electron chi connectivity index (χ4n) is 0.227. The molecule has 0 aromatic heterocycles. The predicted molar refractivity (Wildman–Crippen MR) is 27.3 cm³/mol. The minimum atomic E-state index is 0.678. The third-order valence-electron chi connectivity index (χ3n) is 0.404. The van der Waals surface area contributed by atoms with E-state index < -0.39 is 0 Å². The molecule has 0 saturated carbocycles. The molecule has 0 bridgehead atoms. The minimum Gasteiger partial charge on any atom is -0.401 e. The number of nitrogens with two attached hydrogens (primary N) is 1. The molecule has 0 atom stereocenters. The Labute approximate surface area is 38.0 Å². The molecule has 36 valence electrons. The van der Waals surface area contributed by atoms with Crippen LogP contribution in [0.4, 0.5) is 0 Å². The summed E-state index contributed by atoms with van der Waals surface area (Å²) in [7, 11) is 1.83. The van der Waals surface area contributed by atoms with E-state index in [-0.39, 0.29) is 0 Å². The normalized spacial score (nSPS) is 8.17. The van der Waals surface area contributed by atoms with Crippen LogP contribution in [0, 0.1) is 0 Å². The molecule has 0 radical (unpaired) electrons. The van der Waals surface area contributed by atoms with Crippen LogP contribution < -0.4 is 11.1 Å². The maximum atomic E-state index is 5.15. The van der Waals surface area contributed by atoms with Crippen molar-refractivity contribution >= 4 is 0 Å². The average Bonchev–Trinajstić information content (AvgIpc) is 1.35. The van der Waals surface area contributed by atoms with E-state index in [0.29, 0.717) is 12.2 Å². The summed E-state index contributed by atoms with van der Waals surface area (Å²) in [6.45, 7) is 4.17. The van der Waals surface area contributed by atoms with Crippen LogP contribution in [0.2, 0.25) is 0 Å². The highest BCUT2D eigenvalue weighted by atomic mass is 14.8. The number of rotatable bonds is 2. The fourth-order valence-corrected chi connectivity index (χ4v) is 0.227. The van der Waals surface area contributed by atoms with Crippen molar-refractivity contribution in [3.63, 3.8) is 0 Å². The lowest BCUT2D eigenvalue weighted by Gasteiger charge is -1.91. The van der Waals surface area contributed by atoms with Gasteiger partial charge in [0.05, 0.1) is 0 Å². The molecule has 0 amide bonds. The first kappa shape index (κ1) is 5.50. The Balaban J connectivity index is 2.83. The zero-order valence-electron chi connectivity index (χ0n) is 3.99. The maximum absolute atomic E-state index is 5.15. The van der Waals surface area contributed by atoms with E-state index in [1.54, 1.807) is 0 Å². The van der Waals surface area contributed by atoms with Gasteiger partial charge in [0.15, 0.2) is 0 Å². The fraction of sp³-hybridized carbons (Fsp3) is 0.500. The van der Waals surface area contributed by atoms with Crippen molar-refractivity contribution in [2.45, 2.75) is 0 Å². The molecule has 0 unspecified atom stereocenters. The molecular formula is C4H10N2. The van der Waals surface area contributed by atoms with Crippen LogP contribution in [-0.2, 0) is 0 Å². The molecule has 0 fully saturated rings. The Kier molecular flexibility index (Phi) is 2.50. The van der Waals surface area contributed by atoms with Crippen LogP contribution in [0.25, 0.3) is 0 Å². The molecule has 0 saturated heterocycles. The van der Waals surface area contributed by atoms with Gasteiger partial charge in [-0.1, -0.05) is 6.58 Å². The van der Waals surface area contributed by atoms with Gasteiger partial charge < -0.3 is 11.1 Å². The summed E-state index contributed by atoms with van der Waals surface area (Å²) >= 11 is 0. The van der Waals surface area contributed by atoms with Crippen molar-refractivity contribution in [3.05, 3.63) is 12.3 Å². The molecule has 0 rings (SSSR count). The second-order valence-corrected chi connectivity index (χ2v) is 1.19. The van der Waals surface area contributed by atoms with Gasteiger partial charge in [0, 0.05) is 12.2 Å². The predicted octanol–water partition coefficient (Wildman–Crippen LogP) is -0.322. The van der Waals surface area contributed by atoms with Gasteiger partial charge in [0.1, 0.15) is 0 Å². The Morgan fingerprint density at radius 1 is 2.00 bits per heavy atom. The highest BCUT2D eigenvalue weighted by molar-refractivity contribution is 4.87. The molecular weight excluding hydrogens is 76.1 g/mol. The molecule has 2 nitrogen and oxygen atoms in total. The topological polar surface area (TPSA) is 38.0 Å². The lowest BCUT2D eigenvalue weighted by Crippen LogP contribution is -2.14. The summed E-state index contributed by atoms with van der Waals surface area (Å²) in [5.74, 6) is 0. The van der Waals surface area contributed by atoms with E-state index in [1.807, 2.05) is 7.05 Å². The summed E-state index contributed by atoms with van der Waals surface area (Å²) < 4.78 is 0. The summed E-state index contributed by atoms with van der Waals surface area (Å²) in [4.78, 5) is 0. The standard InChI is InChI=1S/C4H10N2/c1-4(5)3-6-2/h6H,1,3,5H2,2H3. The molecule has 0 aliphatic heterocycles. The minimum absolute atomic E-state index is 0.678. The van der Waals surface area contributed by atoms with Crippen molar-refractivity contribution in [1.82, 2.24) is 5.32 Å². The Hall–Kier alpha value is -0.500. The van der Waals surface area contributed by atoms with Crippen molar-refractivity contribution in [2.75, 3.05) is 13.6 Å². The van der Waals surface area contributed by atoms with Crippen LogP contribution >= 0.6 is 0 Å². The molecule has 0 heterocycles. The van der Waals surface area contributed by atoms with Crippen LogP contribution in [0.3, 0.4) is 0 Å². The van der Waals surface area contributed by atoms with E-state index in [4.69, 9.17) is 5.73 Å². The quantitative estimate of drug-likeness (QED) is 0.483. The monoisotopic (exact) mass is 86.1 g/mol. The van der Waals surface area contributed by atoms with Gasteiger partial charge in [-0.2, -0.15) is 0 Å². The van der Waals surface area contributed by atoms with Crippen molar-refractivity contribution in [2.24, 2.45) is 5.73 Å². The molecule has 0 spiro atoms. The zero-order valence-corrected chi connectivity index (χ0v) is 3.99. The third-order valence-corrected chi connectivity index (χ3v) is 0.404. The van der Waals surface area contributed by atoms with E-state index in [9.17, 15) is 0 Å². The smallest absolute Gasteiger partial charge is 0.0343 e. The number of hydrogen-bond donors (Lipinski definition) is 2. The summed E-state index contributed by atoms with van der Waals surface area (Å²) in [5.41, 5.74) is 5.82. The first-order valence-electron chi connectivity index (χ1n) is 1.85. The Bertz CT molecular complexity index is 49.5. The SMILES string of the molecule is C=C(N)CNC. The van der Waals surface area contributed by atoms with Crippen LogP contribution in [0.5, 0.6) is 0 Å². The van der Waals surface area contributed by atoms with Crippen LogP contribution in [-0.4, -0.2) is 13.6 Å². The Morgan fingerprint density at radius 3 is 2.50 bits per heavy atom. The highest BCUT2D eigenvalue weighted by Gasteiger charge is 1.74. The third kappa shape index (κ3) is 3.50. The molecule has 3 N–H and O–H groups in total. The molecule has 6 heavy (non-hydrogen) atoms. The van der Waals surface area contributed by atoms with Gasteiger partial charge in [-0.05, 0) is 7.05 Å². The summed E-state index contributed by atoms with van der Waals surface area (Å²) in [6, 6.07) is 0. The lowest BCUT2D eigenvalue weighted by molar-refractivity contribution is 0.874. The summed E-state index contributed by atoms with van der Waals surface area (Å²) in [6.07, 6.45) is 0. The van der Waals surface area contributed by atoms with E-state index in [0.717, 1.165) is 0 Å². The van der Waals surface area contributed by atoms with Gasteiger partial charge in [-0.25, -0.2) is 0 Å². The van der Waals surface area contributed by atoms with Crippen molar-refractivity contribution in [3.8, 4) is 0 Å².